The van der Waals surface area contributed by atoms with Crippen LogP contribution in [0, 0.1) is 5.82 Å². The standard InChI is InChI=1S/C13H19ClFNO/c1-13(2,3)16-7-4-8-17-12-6-5-10(15)9-11(12)14/h5-6,9,16H,4,7-8H2,1-3H3. The normalized spacial score (nSPS) is 11.6. The molecule has 0 aliphatic carbocycles. The van der Waals surface area contributed by atoms with Crippen LogP contribution < -0.4 is 10.1 Å². The van der Waals surface area contributed by atoms with E-state index in [0.717, 1.165) is 13.0 Å². The number of ether oxygens (including phenoxy) is 1. The zero-order valence-corrected chi connectivity index (χ0v) is 11.3. The molecule has 0 fully saturated rings. The molecule has 0 bridgehead atoms. The van der Waals surface area contributed by atoms with Crippen molar-refractivity contribution in [1.29, 1.82) is 0 Å². The van der Waals surface area contributed by atoms with Crippen molar-refractivity contribution in [3.8, 4) is 5.75 Å². The molecule has 4 heteroatoms. The van der Waals surface area contributed by atoms with Crippen LogP contribution in [0.4, 0.5) is 4.39 Å². The van der Waals surface area contributed by atoms with Gasteiger partial charge in [0.05, 0.1) is 11.6 Å². The summed E-state index contributed by atoms with van der Waals surface area (Å²) in [6.07, 6.45) is 0.880. The summed E-state index contributed by atoms with van der Waals surface area (Å²) in [5.41, 5.74) is 0.119. The van der Waals surface area contributed by atoms with E-state index in [1.165, 1.54) is 12.1 Å². The fraction of sp³-hybridized carbons (Fsp3) is 0.538. The molecule has 0 atom stereocenters. The van der Waals surface area contributed by atoms with Gasteiger partial charge >= 0.3 is 0 Å². The van der Waals surface area contributed by atoms with Crippen molar-refractivity contribution in [3.05, 3.63) is 29.0 Å². The van der Waals surface area contributed by atoms with Gasteiger partial charge in [-0.3, -0.25) is 0 Å². The van der Waals surface area contributed by atoms with Gasteiger partial charge in [0.15, 0.2) is 0 Å². The molecule has 1 aromatic carbocycles. The maximum absolute atomic E-state index is 12.8. The third kappa shape index (κ3) is 5.89. The maximum atomic E-state index is 12.8. The van der Waals surface area contributed by atoms with E-state index < -0.39 is 0 Å². The Morgan fingerprint density at radius 2 is 2.06 bits per heavy atom. The van der Waals surface area contributed by atoms with E-state index in [4.69, 9.17) is 16.3 Å². The van der Waals surface area contributed by atoms with Crippen molar-refractivity contribution >= 4 is 11.6 Å². The Morgan fingerprint density at radius 1 is 1.35 bits per heavy atom. The molecule has 96 valence electrons. The van der Waals surface area contributed by atoms with Crippen LogP contribution in [-0.4, -0.2) is 18.7 Å². The number of rotatable bonds is 5. The molecule has 2 nitrogen and oxygen atoms in total. The Hall–Kier alpha value is -0.800. The summed E-state index contributed by atoms with van der Waals surface area (Å²) in [5, 5.41) is 3.67. The fourth-order valence-electron chi connectivity index (χ4n) is 1.31. The highest BCUT2D eigenvalue weighted by molar-refractivity contribution is 6.32. The molecule has 0 aromatic heterocycles. The Morgan fingerprint density at radius 3 is 2.65 bits per heavy atom. The second kappa shape index (κ2) is 6.22. The number of hydrogen-bond acceptors (Lipinski definition) is 2. The van der Waals surface area contributed by atoms with Gasteiger partial charge in [0.1, 0.15) is 11.6 Å². The van der Waals surface area contributed by atoms with E-state index in [9.17, 15) is 4.39 Å². The van der Waals surface area contributed by atoms with Gasteiger partial charge in [-0.05, 0) is 51.9 Å². The molecular weight excluding hydrogens is 241 g/mol. The minimum atomic E-state index is -0.350. The minimum absolute atomic E-state index is 0.119. The Labute approximate surface area is 107 Å². The molecule has 17 heavy (non-hydrogen) atoms. The fourth-order valence-corrected chi connectivity index (χ4v) is 1.53. The predicted octanol–water partition coefficient (Wildman–Crippen LogP) is 3.64. The highest BCUT2D eigenvalue weighted by Gasteiger charge is 2.07. The summed E-state index contributed by atoms with van der Waals surface area (Å²) in [4.78, 5) is 0. The van der Waals surface area contributed by atoms with Crippen LogP contribution in [0.1, 0.15) is 27.2 Å². The lowest BCUT2D eigenvalue weighted by molar-refractivity contribution is 0.298. The van der Waals surface area contributed by atoms with Crippen molar-refractivity contribution in [2.75, 3.05) is 13.2 Å². The summed E-state index contributed by atoms with van der Waals surface area (Å²) in [6.45, 7) is 7.79. The summed E-state index contributed by atoms with van der Waals surface area (Å²) in [5.74, 6) is 0.181. The van der Waals surface area contributed by atoms with Gasteiger partial charge in [-0.15, -0.1) is 0 Å². The van der Waals surface area contributed by atoms with Gasteiger partial charge in [-0.2, -0.15) is 0 Å². The summed E-state index contributed by atoms with van der Waals surface area (Å²) < 4.78 is 18.2. The molecule has 1 rings (SSSR count). The second-order valence-corrected chi connectivity index (χ2v) is 5.36. The van der Waals surface area contributed by atoms with Crippen LogP contribution in [0.5, 0.6) is 5.75 Å². The predicted molar refractivity (Wildman–Crippen MR) is 69.3 cm³/mol. The lowest BCUT2D eigenvalue weighted by Gasteiger charge is -2.20. The first-order chi connectivity index (χ1) is 7.88. The third-order valence-corrected chi connectivity index (χ3v) is 2.42. The molecule has 0 aliphatic rings. The number of hydrogen-bond donors (Lipinski definition) is 1. The monoisotopic (exact) mass is 259 g/mol. The topological polar surface area (TPSA) is 21.3 Å². The number of nitrogens with one attached hydrogen (secondary N) is 1. The van der Waals surface area contributed by atoms with Gasteiger partial charge in [0, 0.05) is 5.54 Å². The molecule has 0 amide bonds. The van der Waals surface area contributed by atoms with E-state index in [1.807, 2.05) is 0 Å². The Kier molecular flexibility index (Phi) is 5.22. The summed E-state index contributed by atoms with van der Waals surface area (Å²) in [7, 11) is 0. The van der Waals surface area contributed by atoms with E-state index in [0.29, 0.717) is 17.4 Å². The molecule has 0 heterocycles. The molecule has 1 aromatic rings. The van der Waals surface area contributed by atoms with Gasteiger partial charge in [-0.1, -0.05) is 11.6 Å². The van der Waals surface area contributed by atoms with Crippen LogP contribution in [0.15, 0.2) is 18.2 Å². The summed E-state index contributed by atoms with van der Waals surface area (Å²) in [6, 6.07) is 4.15. The van der Waals surface area contributed by atoms with Crippen LogP contribution >= 0.6 is 11.6 Å². The zero-order chi connectivity index (χ0) is 12.9. The van der Waals surface area contributed by atoms with Gasteiger partial charge in [-0.25, -0.2) is 4.39 Å². The third-order valence-electron chi connectivity index (χ3n) is 2.13. The SMILES string of the molecule is CC(C)(C)NCCCOc1ccc(F)cc1Cl. The molecule has 0 saturated heterocycles. The van der Waals surface area contributed by atoms with Crippen molar-refractivity contribution in [1.82, 2.24) is 5.32 Å². The van der Waals surface area contributed by atoms with E-state index in [-0.39, 0.29) is 11.4 Å². The van der Waals surface area contributed by atoms with Gasteiger partial charge in [0.2, 0.25) is 0 Å². The van der Waals surface area contributed by atoms with Crippen LogP contribution in [0.25, 0.3) is 0 Å². The molecular formula is C13H19ClFNO. The molecule has 0 unspecified atom stereocenters. The molecule has 0 radical (unpaired) electrons. The van der Waals surface area contributed by atoms with Gasteiger partial charge < -0.3 is 10.1 Å². The first-order valence-corrected chi connectivity index (χ1v) is 6.09. The second-order valence-electron chi connectivity index (χ2n) is 4.95. The Balaban J connectivity index is 2.27. The first kappa shape index (κ1) is 14.3. The largest absolute Gasteiger partial charge is 0.492 e. The first-order valence-electron chi connectivity index (χ1n) is 5.71. The van der Waals surface area contributed by atoms with E-state index in [2.05, 4.69) is 26.1 Å². The quantitative estimate of drug-likeness (QED) is 0.816. The summed E-state index contributed by atoms with van der Waals surface area (Å²) >= 11 is 5.83. The smallest absolute Gasteiger partial charge is 0.138 e. The van der Waals surface area contributed by atoms with Crippen molar-refractivity contribution in [3.63, 3.8) is 0 Å². The van der Waals surface area contributed by atoms with Crippen molar-refractivity contribution < 1.29 is 9.13 Å². The molecule has 0 aliphatic heterocycles. The molecule has 1 N–H and O–H groups in total. The highest BCUT2D eigenvalue weighted by atomic mass is 35.5. The molecule has 0 spiro atoms. The van der Waals surface area contributed by atoms with Crippen LogP contribution in [-0.2, 0) is 0 Å². The highest BCUT2D eigenvalue weighted by Crippen LogP contribution is 2.24. The zero-order valence-electron chi connectivity index (χ0n) is 10.5. The van der Waals surface area contributed by atoms with Crippen LogP contribution in [0.3, 0.4) is 0 Å². The van der Waals surface area contributed by atoms with Crippen molar-refractivity contribution in [2.24, 2.45) is 0 Å². The lowest BCUT2D eigenvalue weighted by atomic mass is 10.1. The molecule has 0 saturated carbocycles. The average molecular weight is 260 g/mol. The van der Waals surface area contributed by atoms with Gasteiger partial charge in [0.25, 0.3) is 0 Å². The van der Waals surface area contributed by atoms with Crippen molar-refractivity contribution in [2.45, 2.75) is 32.7 Å². The van der Waals surface area contributed by atoms with Crippen LogP contribution in [0.2, 0.25) is 5.02 Å². The maximum Gasteiger partial charge on any atom is 0.138 e. The average Bonchev–Trinajstić information content (AvgIpc) is 2.18. The van der Waals surface area contributed by atoms with E-state index >= 15 is 0 Å². The number of halogens is 2. The van der Waals surface area contributed by atoms with E-state index in [1.54, 1.807) is 6.07 Å². The lowest BCUT2D eigenvalue weighted by Crippen LogP contribution is -2.36. The minimum Gasteiger partial charge on any atom is -0.492 e. The Bertz CT molecular complexity index is 363. The number of benzene rings is 1.